The van der Waals surface area contributed by atoms with E-state index >= 15 is 0 Å². The van der Waals surface area contributed by atoms with Crippen molar-refractivity contribution in [2.75, 3.05) is 0 Å². The average molecular weight is 221 g/mol. The zero-order valence-electron chi connectivity index (χ0n) is 7.87. The minimum absolute atomic E-state index is 0.0343. The van der Waals surface area contributed by atoms with E-state index in [4.69, 9.17) is 0 Å². The summed E-state index contributed by atoms with van der Waals surface area (Å²) in [4.78, 5) is 36.7. The predicted molar refractivity (Wildman–Crippen MR) is 49.5 cm³/mol. The molecule has 0 N–H and O–H groups in total. The van der Waals surface area contributed by atoms with Gasteiger partial charge < -0.3 is 14.3 Å². The predicted octanol–water partition coefficient (Wildman–Crippen LogP) is -1.90. The third-order valence-electron chi connectivity index (χ3n) is 1.95. The van der Waals surface area contributed by atoms with Crippen molar-refractivity contribution in [1.82, 2.24) is 9.55 Å². The van der Waals surface area contributed by atoms with E-state index in [1.54, 1.807) is 0 Å². The van der Waals surface area contributed by atoms with E-state index in [1.807, 2.05) is 0 Å². The van der Waals surface area contributed by atoms with Crippen molar-refractivity contribution >= 4 is 17.0 Å². The maximum absolute atomic E-state index is 11.3. The molecular formula is C9H5N2O5-. The normalized spacial score (nSPS) is 10.5. The number of pyridine rings is 1. The van der Waals surface area contributed by atoms with Crippen molar-refractivity contribution in [3.8, 4) is 0 Å². The maximum Gasteiger partial charge on any atom is 0.423 e. The Balaban J connectivity index is 2.87. The number of aromatic nitrogens is 2. The van der Waals surface area contributed by atoms with E-state index in [0.29, 0.717) is 0 Å². The first kappa shape index (κ1) is 10.1. The lowest BCUT2D eigenvalue weighted by atomic mass is 10.3. The van der Waals surface area contributed by atoms with Crippen LogP contribution in [0, 0.1) is 0 Å². The summed E-state index contributed by atoms with van der Waals surface area (Å²) in [5.74, 6) is -2.54. The lowest BCUT2D eigenvalue weighted by molar-refractivity contribution is -0.306. The highest BCUT2D eigenvalue weighted by atomic mass is 16.4. The molecule has 7 heteroatoms. The lowest BCUT2D eigenvalue weighted by Crippen LogP contribution is -2.34. The van der Waals surface area contributed by atoms with E-state index in [9.17, 15) is 19.5 Å². The van der Waals surface area contributed by atoms with Crippen molar-refractivity contribution in [1.29, 1.82) is 0 Å². The van der Waals surface area contributed by atoms with Gasteiger partial charge in [0.05, 0.1) is 12.5 Å². The number of carbonyl (C=O) groups is 1. The van der Waals surface area contributed by atoms with Crippen LogP contribution in [0.5, 0.6) is 0 Å². The van der Waals surface area contributed by atoms with Crippen LogP contribution in [0.3, 0.4) is 0 Å². The highest BCUT2D eigenvalue weighted by molar-refractivity contribution is 5.74. The van der Waals surface area contributed by atoms with Crippen LogP contribution in [0.25, 0.3) is 11.0 Å². The molecule has 0 aliphatic carbocycles. The van der Waals surface area contributed by atoms with Gasteiger partial charge in [-0.15, -0.1) is 0 Å². The molecule has 0 saturated carbocycles. The van der Waals surface area contributed by atoms with Gasteiger partial charge in [-0.3, -0.25) is 4.57 Å². The number of rotatable bonds is 2. The second-order valence-corrected chi connectivity index (χ2v) is 2.99. The van der Waals surface area contributed by atoms with Crippen LogP contribution in [0.2, 0.25) is 0 Å². The number of carboxylic acids is 1. The molecule has 0 amide bonds. The number of nitrogens with zero attached hydrogens (tertiary/aromatic N) is 2. The van der Waals surface area contributed by atoms with Gasteiger partial charge in [0.15, 0.2) is 5.65 Å². The Morgan fingerprint density at radius 1 is 1.50 bits per heavy atom. The minimum atomic E-state index is -1.47. The largest absolute Gasteiger partial charge is 0.548 e. The molecule has 0 aliphatic rings. The molecule has 2 heterocycles. The molecule has 82 valence electrons. The number of carbonyl (C=O) groups excluding carboxylic acids is 1. The van der Waals surface area contributed by atoms with Crippen molar-refractivity contribution in [2.45, 2.75) is 6.54 Å². The first-order valence-electron chi connectivity index (χ1n) is 4.28. The summed E-state index contributed by atoms with van der Waals surface area (Å²) >= 11 is 0. The molecule has 2 rings (SSSR count). The lowest BCUT2D eigenvalue weighted by Gasteiger charge is -2.06. The zero-order valence-corrected chi connectivity index (χ0v) is 7.87. The topological polar surface area (TPSA) is 105 Å². The van der Waals surface area contributed by atoms with Gasteiger partial charge in [-0.1, -0.05) is 0 Å². The Labute approximate surface area is 87.6 Å². The molecule has 2 aromatic heterocycles. The molecule has 0 radical (unpaired) electrons. The first-order chi connectivity index (χ1) is 7.59. The molecule has 0 fully saturated rings. The Hall–Kier alpha value is -2.44. The summed E-state index contributed by atoms with van der Waals surface area (Å²) < 4.78 is 5.07. The molecule has 2 aromatic rings. The fourth-order valence-electron chi connectivity index (χ4n) is 1.32. The number of hydrogen-bond donors (Lipinski definition) is 0. The smallest absolute Gasteiger partial charge is 0.423 e. The van der Waals surface area contributed by atoms with Gasteiger partial charge in [-0.25, -0.2) is 14.6 Å². The van der Waals surface area contributed by atoms with Gasteiger partial charge in [0.2, 0.25) is 0 Å². The second kappa shape index (κ2) is 3.61. The summed E-state index contributed by atoms with van der Waals surface area (Å²) in [5, 5.41) is 10.5. The zero-order chi connectivity index (χ0) is 11.7. The summed E-state index contributed by atoms with van der Waals surface area (Å²) in [6.07, 6.45) is 1.34. The highest BCUT2D eigenvalue weighted by Gasteiger charge is 2.09. The Kier molecular flexibility index (Phi) is 2.28. The quantitative estimate of drug-likeness (QED) is 0.586. The molecule has 0 unspecified atom stereocenters. The third-order valence-corrected chi connectivity index (χ3v) is 1.95. The van der Waals surface area contributed by atoms with Crippen LogP contribution in [0.1, 0.15) is 0 Å². The molecule has 0 aromatic carbocycles. The van der Waals surface area contributed by atoms with E-state index in [-0.39, 0.29) is 11.0 Å². The standard InChI is InChI=1S/C9H6N2O5/c12-6(13)4-11-7-5(2-1-3-10-7)8(14)16-9(11)15/h1-3H,4H2,(H,12,13)/p-1. The number of aliphatic carboxylic acids is 1. The summed E-state index contributed by atoms with van der Waals surface area (Å²) in [6, 6.07) is 2.87. The molecular weight excluding hydrogens is 216 g/mol. The van der Waals surface area contributed by atoms with E-state index in [2.05, 4.69) is 9.40 Å². The first-order valence-corrected chi connectivity index (χ1v) is 4.28. The molecule has 7 nitrogen and oxygen atoms in total. The van der Waals surface area contributed by atoms with Crippen LogP contribution in [-0.4, -0.2) is 15.5 Å². The Bertz CT molecular complexity index is 669. The van der Waals surface area contributed by atoms with Gasteiger partial charge >= 0.3 is 11.4 Å². The van der Waals surface area contributed by atoms with Crippen molar-refractivity contribution in [2.24, 2.45) is 0 Å². The van der Waals surface area contributed by atoms with Crippen molar-refractivity contribution < 1.29 is 14.3 Å². The Morgan fingerprint density at radius 2 is 2.25 bits per heavy atom. The van der Waals surface area contributed by atoms with Gasteiger partial charge in [0.1, 0.15) is 5.39 Å². The molecule has 16 heavy (non-hydrogen) atoms. The minimum Gasteiger partial charge on any atom is -0.548 e. The van der Waals surface area contributed by atoms with Crippen LogP contribution in [0.15, 0.2) is 32.3 Å². The van der Waals surface area contributed by atoms with Gasteiger partial charge in [-0.05, 0) is 12.1 Å². The highest BCUT2D eigenvalue weighted by Crippen LogP contribution is 2.02. The molecule has 0 saturated heterocycles. The molecule has 0 spiro atoms. The fraction of sp³-hybridized carbons (Fsp3) is 0.111. The summed E-state index contributed by atoms with van der Waals surface area (Å²) in [6.45, 7) is -0.712. The SMILES string of the molecule is O=C([O-])Cn1c(=O)oc(=O)c2cccnc21. The molecule has 0 bridgehead atoms. The van der Waals surface area contributed by atoms with E-state index < -0.39 is 23.9 Å². The number of fused-ring (bicyclic) bond motifs is 1. The van der Waals surface area contributed by atoms with Crippen LogP contribution in [0.4, 0.5) is 0 Å². The van der Waals surface area contributed by atoms with Gasteiger partial charge in [0, 0.05) is 6.20 Å². The van der Waals surface area contributed by atoms with E-state index in [0.717, 1.165) is 4.57 Å². The van der Waals surface area contributed by atoms with E-state index in [1.165, 1.54) is 18.3 Å². The number of hydrogen-bond acceptors (Lipinski definition) is 6. The van der Waals surface area contributed by atoms with Crippen LogP contribution in [-0.2, 0) is 11.3 Å². The number of carboxylic acid groups (broad SMARTS) is 1. The monoisotopic (exact) mass is 221 g/mol. The van der Waals surface area contributed by atoms with Crippen molar-refractivity contribution in [3.05, 3.63) is 39.3 Å². The Morgan fingerprint density at radius 3 is 2.94 bits per heavy atom. The van der Waals surface area contributed by atoms with Gasteiger partial charge in [-0.2, -0.15) is 0 Å². The van der Waals surface area contributed by atoms with Crippen LogP contribution < -0.4 is 16.5 Å². The summed E-state index contributed by atoms with van der Waals surface area (Å²) in [7, 11) is 0. The van der Waals surface area contributed by atoms with Crippen LogP contribution >= 0.6 is 0 Å². The maximum atomic E-state index is 11.3. The third kappa shape index (κ3) is 1.58. The van der Waals surface area contributed by atoms with Gasteiger partial charge in [0.25, 0.3) is 0 Å². The fourth-order valence-corrected chi connectivity index (χ4v) is 1.32. The molecule has 0 atom stereocenters. The summed E-state index contributed by atoms with van der Waals surface area (Å²) in [5.41, 5.74) is -0.879. The second-order valence-electron chi connectivity index (χ2n) is 2.99. The van der Waals surface area contributed by atoms with Crippen molar-refractivity contribution in [3.63, 3.8) is 0 Å². The molecule has 0 aliphatic heterocycles. The average Bonchev–Trinajstić information content (AvgIpc) is 2.24.